The van der Waals surface area contributed by atoms with Gasteiger partial charge >= 0.3 is 0 Å². The Morgan fingerprint density at radius 1 is 1.12 bits per heavy atom. The maximum Gasteiger partial charge on any atom is 0.191 e. The molecule has 32 heavy (non-hydrogen) atoms. The minimum absolute atomic E-state index is 0.0266. The van der Waals surface area contributed by atoms with Crippen LogP contribution >= 0.6 is 0 Å². The van der Waals surface area contributed by atoms with Crippen LogP contribution in [-0.2, 0) is 11.2 Å². The molecule has 160 valence electrons. The smallest absolute Gasteiger partial charge is 0.191 e. The number of hydrogen-bond donors (Lipinski definition) is 1. The van der Waals surface area contributed by atoms with Crippen molar-refractivity contribution in [3.63, 3.8) is 0 Å². The van der Waals surface area contributed by atoms with E-state index in [2.05, 4.69) is 26.3 Å². The van der Waals surface area contributed by atoms with Gasteiger partial charge in [0.1, 0.15) is 11.5 Å². The number of H-pyrrole nitrogens is 1. The lowest BCUT2D eigenvalue weighted by Gasteiger charge is -2.22. The number of aromatic amines is 1. The van der Waals surface area contributed by atoms with E-state index in [-0.39, 0.29) is 5.43 Å². The van der Waals surface area contributed by atoms with E-state index in [0.717, 1.165) is 54.3 Å². The maximum absolute atomic E-state index is 12.9. The Bertz CT molecular complexity index is 1340. The van der Waals surface area contributed by atoms with E-state index in [4.69, 9.17) is 10.00 Å². The zero-order valence-corrected chi connectivity index (χ0v) is 17.5. The highest BCUT2D eigenvalue weighted by molar-refractivity contribution is 5.93. The molecular formula is C24H22N6O2. The third kappa shape index (κ3) is 3.86. The first-order valence-corrected chi connectivity index (χ1v) is 10.6. The molecule has 2 aromatic carbocycles. The second kappa shape index (κ2) is 8.65. The normalized spacial score (nSPS) is 14.3. The number of ether oxygens (including phenoxy) is 1. The van der Waals surface area contributed by atoms with E-state index in [1.54, 1.807) is 10.7 Å². The summed E-state index contributed by atoms with van der Waals surface area (Å²) in [4.78, 5) is 18.5. The van der Waals surface area contributed by atoms with Crippen molar-refractivity contribution in [2.24, 2.45) is 0 Å². The van der Waals surface area contributed by atoms with E-state index in [0.29, 0.717) is 24.1 Å². The van der Waals surface area contributed by atoms with Gasteiger partial charge < -0.3 is 14.6 Å². The van der Waals surface area contributed by atoms with Crippen LogP contribution in [0.3, 0.4) is 0 Å². The number of nitriles is 1. The predicted molar refractivity (Wildman–Crippen MR) is 122 cm³/mol. The molecule has 8 nitrogen and oxygen atoms in total. The van der Waals surface area contributed by atoms with Gasteiger partial charge in [0.25, 0.3) is 0 Å². The second-order valence-corrected chi connectivity index (χ2v) is 7.75. The molecule has 0 aliphatic carbocycles. The molecule has 0 amide bonds. The third-order valence-corrected chi connectivity index (χ3v) is 5.67. The Hall–Kier alpha value is -3.96. The van der Waals surface area contributed by atoms with Crippen LogP contribution in [0.15, 0.2) is 59.5 Å². The molecule has 1 N–H and O–H groups in total. The van der Waals surface area contributed by atoms with Crippen LogP contribution in [-0.4, -0.2) is 46.3 Å². The van der Waals surface area contributed by atoms with Crippen LogP contribution in [0.4, 0.5) is 5.82 Å². The Morgan fingerprint density at radius 3 is 2.84 bits per heavy atom. The molecular weight excluding hydrogens is 404 g/mol. The van der Waals surface area contributed by atoms with E-state index in [9.17, 15) is 4.79 Å². The molecule has 0 unspecified atom stereocenters. The minimum atomic E-state index is -0.0266. The summed E-state index contributed by atoms with van der Waals surface area (Å²) in [6.07, 6.45) is 3.14. The first kappa shape index (κ1) is 20.0. The largest absolute Gasteiger partial charge is 0.380 e. The Kier molecular flexibility index (Phi) is 5.40. The molecule has 0 saturated carbocycles. The molecule has 0 bridgehead atoms. The second-order valence-electron chi connectivity index (χ2n) is 7.75. The first-order chi connectivity index (χ1) is 15.7. The monoisotopic (exact) mass is 426 g/mol. The van der Waals surface area contributed by atoms with E-state index < -0.39 is 0 Å². The van der Waals surface area contributed by atoms with Crippen molar-refractivity contribution in [3.05, 3.63) is 70.5 Å². The molecule has 1 saturated heterocycles. The molecule has 0 atom stereocenters. The number of nitrogens with one attached hydrogen (secondary N) is 1. The summed E-state index contributed by atoms with van der Waals surface area (Å²) in [7, 11) is 0. The number of hydrogen-bond acceptors (Lipinski definition) is 6. The molecule has 8 heteroatoms. The molecule has 0 spiro atoms. The fourth-order valence-corrected chi connectivity index (χ4v) is 4.00. The van der Waals surface area contributed by atoms with Crippen molar-refractivity contribution in [2.45, 2.75) is 12.8 Å². The lowest BCUT2D eigenvalue weighted by molar-refractivity contribution is 0.152. The van der Waals surface area contributed by atoms with Crippen LogP contribution in [0.25, 0.3) is 27.8 Å². The zero-order chi connectivity index (χ0) is 21.9. The van der Waals surface area contributed by atoms with Crippen molar-refractivity contribution < 1.29 is 4.74 Å². The predicted octanol–water partition coefficient (Wildman–Crippen LogP) is 3.07. The summed E-state index contributed by atoms with van der Waals surface area (Å²) in [5.41, 5.74) is 4.01. The number of nitrogens with zero attached hydrogens (tertiary/aromatic N) is 5. The molecule has 1 fully saturated rings. The van der Waals surface area contributed by atoms with Crippen LogP contribution in [0.5, 0.6) is 0 Å². The van der Waals surface area contributed by atoms with Crippen molar-refractivity contribution in [1.29, 1.82) is 5.26 Å². The van der Waals surface area contributed by atoms with Gasteiger partial charge in [0.2, 0.25) is 0 Å². The van der Waals surface area contributed by atoms with Crippen molar-refractivity contribution in [3.8, 4) is 23.0 Å². The van der Waals surface area contributed by atoms with Gasteiger partial charge in [-0.2, -0.15) is 5.26 Å². The van der Waals surface area contributed by atoms with Gasteiger partial charge in [0.05, 0.1) is 36.5 Å². The van der Waals surface area contributed by atoms with Crippen LogP contribution in [0.2, 0.25) is 0 Å². The SMILES string of the molecule is N#CCc1ccc(-n2cc(-c3cccc4c(=O)cc(N5CCCOCC5)[nH]c34)nn2)cc1. The van der Waals surface area contributed by atoms with E-state index in [1.165, 1.54) is 0 Å². The average Bonchev–Trinajstić information content (AvgIpc) is 3.14. The molecule has 4 aromatic rings. The molecule has 3 heterocycles. The van der Waals surface area contributed by atoms with Gasteiger partial charge in [-0.25, -0.2) is 4.68 Å². The topological polar surface area (TPSA) is 99.8 Å². The van der Waals surface area contributed by atoms with Gasteiger partial charge in [0, 0.05) is 36.7 Å². The number of aromatic nitrogens is 4. The maximum atomic E-state index is 12.9. The Balaban J connectivity index is 1.54. The van der Waals surface area contributed by atoms with Crippen molar-refractivity contribution in [1.82, 2.24) is 20.0 Å². The minimum Gasteiger partial charge on any atom is -0.380 e. The third-order valence-electron chi connectivity index (χ3n) is 5.67. The highest BCUT2D eigenvalue weighted by Crippen LogP contribution is 2.27. The lowest BCUT2D eigenvalue weighted by Crippen LogP contribution is -2.28. The molecule has 2 aromatic heterocycles. The first-order valence-electron chi connectivity index (χ1n) is 10.6. The molecule has 1 aliphatic heterocycles. The Labute approximate surface area is 184 Å². The summed E-state index contributed by atoms with van der Waals surface area (Å²) >= 11 is 0. The van der Waals surface area contributed by atoms with Gasteiger partial charge in [-0.1, -0.05) is 29.5 Å². The highest BCUT2D eigenvalue weighted by Gasteiger charge is 2.16. The van der Waals surface area contributed by atoms with Crippen LogP contribution in [0.1, 0.15) is 12.0 Å². The lowest BCUT2D eigenvalue weighted by atomic mass is 10.1. The number of rotatable bonds is 4. The number of para-hydroxylation sites is 1. The summed E-state index contributed by atoms with van der Waals surface area (Å²) < 4.78 is 7.24. The summed E-state index contributed by atoms with van der Waals surface area (Å²) in [6.45, 7) is 2.95. The van der Waals surface area contributed by atoms with Gasteiger partial charge in [-0.15, -0.1) is 5.10 Å². The number of pyridine rings is 1. The van der Waals surface area contributed by atoms with Gasteiger partial charge in [0.15, 0.2) is 5.43 Å². The molecule has 5 rings (SSSR count). The zero-order valence-electron chi connectivity index (χ0n) is 17.5. The van der Waals surface area contributed by atoms with Crippen molar-refractivity contribution >= 4 is 16.7 Å². The fourth-order valence-electron chi connectivity index (χ4n) is 4.00. The van der Waals surface area contributed by atoms with E-state index >= 15 is 0 Å². The summed E-state index contributed by atoms with van der Waals surface area (Å²) in [5, 5.41) is 18.1. The van der Waals surface area contributed by atoms with E-state index in [1.807, 2.05) is 48.7 Å². The van der Waals surface area contributed by atoms with Crippen molar-refractivity contribution in [2.75, 3.05) is 31.2 Å². The number of fused-ring (bicyclic) bond motifs is 1. The van der Waals surface area contributed by atoms with Gasteiger partial charge in [-0.3, -0.25) is 4.79 Å². The highest BCUT2D eigenvalue weighted by atomic mass is 16.5. The number of anilines is 1. The Morgan fingerprint density at radius 2 is 2.00 bits per heavy atom. The van der Waals surface area contributed by atoms with Crippen LogP contribution < -0.4 is 10.3 Å². The molecule has 1 aliphatic rings. The summed E-state index contributed by atoms with van der Waals surface area (Å²) in [6, 6.07) is 17.1. The fraction of sp³-hybridized carbons (Fsp3) is 0.250. The van der Waals surface area contributed by atoms with Gasteiger partial charge in [-0.05, 0) is 30.2 Å². The quantitative estimate of drug-likeness (QED) is 0.538. The van der Waals surface area contributed by atoms with Crippen LogP contribution in [0, 0.1) is 11.3 Å². The molecule has 0 radical (unpaired) electrons. The average molecular weight is 426 g/mol. The number of benzene rings is 2. The summed E-state index contributed by atoms with van der Waals surface area (Å²) in [5.74, 6) is 0.793. The standard InChI is InChI=1S/C24H22N6O2/c25-10-9-17-5-7-18(8-6-17)30-16-21(27-28-30)19-3-1-4-20-22(31)15-23(26-24(19)20)29-11-2-13-32-14-12-29/h1,3-8,15-16H,2,9,11-14H2,(H,26,31).